The van der Waals surface area contributed by atoms with Crippen LogP contribution in [-0.4, -0.2) is 26.7 Å². The monoisotopic (exact) mass is 376 g/mol. The van der Waals surface area contributed by atoms with E-state index in [1.807, 2.05) is 30.5 Å². The summed E-state index contributed by atoms with van der Waals surface area (Å²) >= 11 is 0. The largest absolute Gasteiger partial charge is 0.361 e. The first-order chi connectivity index (χ1) is 13.7. The van der Waals surface area contributed by atoms with Crippen molar-refractivity contribution in [2.45, 2.75) is 57.0 Å². The molecule has 2 N–H and O–H groups in total. The Hall–Kier alpha value is -2.89. The molecule has 5 rings (SSSR count). The fourth-order valence-electron chi connectivity index (χ4n) is 4.60. The van der Waals surface area contributed by atoms with Crippen molar-refractivity contribution in [3.63, 3.8) is 0 Å². The van der Waals surface area contributed by atoms with Gasteiger partial charge in [-0.25, -0.2) is 4.68 Å². The zero-order chi connectivity index (χ0) is 19.1. The molecule has 1 saturated carbocycles. The van der Waals surface area contributed by atoms with Crippen LogP contribution in [-0.2, 0) is 12.8 Å². The maximum Gasteiger partial charge on any atom is 0.267 e. The number of carbonyl (C=O) groups excluding carboxylic acids is 1. The number of aromatic amines is 1. The molecular formula is C22H24N4O2. The number of aryl methyl sites for hydroxylation is 2. The molecule has 144 valence electrons. The molecule has 6 nitrogen and oxygen atoms in total. The predicted octanol–water partition coefficient (Wildman–Crippen LogP) is 3.13. The fourth-order valence-corrected chi connectivity index (χ4v) is 4.60. The van der Waals surface area contributed by atoms with Gasteiger partial charge in [0.15, 0.2) is 0 Å². The lowest BCUT2D eigenvalue weighted by Crippen LogP contribution is -2.39. The summed E-state index contributed by atoms with van der Waals surface area (Å²) < 4.78 is 1.70. The molecule has 2 aliphatic carbocycles. The number of nitrogens with zero attached hydrogens (tertiary/aromatic N) is 2. The lowest BCUT2D eigenvalue weighted by atomic mass is 9.91. The maximum absolute atomic E-state index is 12.6. The van der Waals surface area contributed by atoms with Crippen LogP contribution in [0, 0.1) is 0 Å². The van der Waals surface area contributed by atoms with Crippen molar-refractivity contribution in [2.24, 2.45) is 0 Å². The van der Waals surface area contributed by atoms with Gasteiger partial charge >= 0.3 is 0 Å². The summed E-state index contributed by atoms with van der Waals surface area (Å²) in [7, 11) is 0. The van der Waals surface area contributed by atoms with Crippen molar-refractivity contribution in [1.29, 1.82) is 0 Å². The van der Waals surface area contributed by atoms with Gasteiger partial charge in [0.1, 0.15) is 0 Å². The van der Waals surface area contributed by atoms with E-state index in [0.29, 0.717) is 5.56 Å². The summed E-state index contributed by atoms with van der Waals surface area (Å²) in [6.45, 7) is 0. The summed E-state index contributed by atoms with van der Waals surface area (Å²) in [5.74, 6) is -0.0345. The van der Waals surface area contributed by atoms with E-state index >= 15 is 0 Å². The van der Waals surface area contributed by atoms with Gasteiger partial charge in [-0.05, 0) is 74.1 Å². The van der Waals surface area contributed by atoms with Gasteiger partial charge < -0.3 is 10.3 Å². The molecule has 2 aromatic heterocycles. The van der Waals surface area contributed by atoms with Crippen LogP contribution in [0.2, 0.25) is 0 Å². The molecule has 6 heteroatoms. The first-order valence-corrected chi connectivity index (χ1v) is 10.2. The van der Waals surface area contributed by atoms with Crippen molar-refractivity contribution in [3.05, 3.63) is 63.7 Å². The smallest absolute Gasteiger partial charge is 0.267 e. The van der Waals surface area contributed by atoms with Gasteiger partial charge in [0.2, 0.25) is 0 Å². The first-order valence-electron chi connectivity index (χ1n) is 10.2. The molecule has 2 aliphatic rings. The van der Waals surface area contributed by atoms with Gasteiger partial charge in [0.25, 0.3) is 11.5 Å². The Balaban J connectivity index is 1.23. The number of fused-ring (bicyclic) bond motifs is 2. The third-order valence-corrected chi connectivity index (χ3v) is 6.18. The molecule has 1 amide bonds. The number of nitrogens with one attached hydrogen (secondary N) is 2. The van der Waals surface area contributed by atoms with Crippen molar-refractivity contribution in [2.75, 3.05) is 0 Å². The summed E-state index contributed by atoms with van der Waals surface area (Å²) in [6, 6.07) is 9.78. The molecule has 1 fully saturated rings. The van der Waals surface area contributed by atoms with Gasteiger partial charge in [-0.15, -0.1) is 0 Å². The topological polar surface area (TPSA) is 79.8 Å². The van der Waals surface area contributed by atoms with E-state index in [1.54, 1.807) is 10.7 Å². The third-order valence-electron chi connectivity index (χ3n) is 6.18. The summed E-state index contributed by atoms with van der Waals surface area (Å²) in [5, 5.41) is 8.91. The van der Waals surface area contributed by atoms with E-state index in [9.17, 15) is 9.59 Å². The number of aromatic nitrogens is 3. The highest BCUT2D eigenvalue weighted by molar-refractivity contribution is 5.98. The predicted molar refractivity (Wildman–Crippen MR) is 108 cm³/mol. The van der Waals surface area contributed by atoms with Crippen LogP contribution in [0.25, 0.3) is 10.9 Å². The molecular weight excluding hydrogens is 352 g/mol. The molecule has 1 aromatic carbocycles. The second kappa shape index (κ2) is 6.93. The molecule has 0 bridgehead atoms. The van der Waals surface area contributed by atoms with Gasteiger partial charge in [0, 0.05) is 29.4 Å². The minimum atomic E-state index is -0.0345. The minimum Gasteiger partial charge on any atom is -0.361 e. The molecule has 0 aliphatic heterocycles. The van der Waals surface area contributed by atoms with Gasteiger partial charge in [-0.3, -0.25) is 9.59 Å². The Morgan fingerprint density at radius 2 is 1.96 bits per heavy atom. The second-order valence-electron chi connectivity index (χ2n) is 8.01. The lowest BCUT2D eigenvalue weighted by Gasteiger charge is -2.29. The first kappa shape index (κ1) is 17.2. The Bertz CT molecular complexity index is 1090. The number of amides is 1. The third kappa shape index (κ3) is 3.13. The van der Waals surface area contributed by atoms with Gasteiger partial charge in [-0.2, -0.15) is 5.10 Å². The van der Waals surface area contributed by atoms with E-state index < -0.39 is 0 Å². The number of rotatable bonds is 3. The zero-order valence-electron chi connectivity index (χ0n) is 15.8. The molecule has 0 unspecified atom stereocenters. The van der Waals surface area contributed by atoms with Crippen LogP contribution in [0.4, 0.5) is 0 Å². The lowest BCUT2D eigenvalue weighted by molar-refractivity contribution is 0.0921. The van der Waals surface area contributed by atoms with Gasteiger partial charge in [-0.1, -0.05) is 6.07 Å². The number of hydrogen-bond acceptors (Lipinski definition) is 3. The summed E-state index contributed by atoms with van der Waals surface area (Å²) in [5.41, 5.74) is 3.88. The van der Waals surface area contributed by atoms with Crippen LogP contribution < -0.4 is 10.9 Å². The van der Waals surface area contributed by atoms with Gasteiger partial charge in [0.05, 0.1) is 11.7 Å². The molecule has 3 aromatic rings. The van der Waals surface area contributed by atoms with Crippen molar-refractivity contribution in [3.8, 4) is 0 Å². The van der Waals surface area contributed by atoms with E-state index in [4.69, 9.17) is 0 Å². The molecule has 0 atom stereocenters. The Morgan fingerprint density at radius 3 is 2.82 bits per heavy atom. The Morgan fingerprint density at radius 1 is 1.11 bits per heavy atom. The molecule has 28 heavy (non-hydrogen) atoms. The van der Waals surface area contributed by atoms with Crippen LogP contribution >= 0.6 is 0 Å². The van der Waals surface area contributed by atoms with Crippen LogP contribution in [0.5, 0.6) is 0 Å². The average Bonchev–Trinajstić information content (AvgIpc) is 3.36. The summed E-state index contributed by atoms with van der Waals surface area (Å²) in [6.07, 6.45) is 8.40. The SMILES string of the molecule is O=C(NC1CCC(n2nc3c(cc2=O)CCC3)CC1)c1ccc2cc[nH]c2c1. The van der Waals surface area contributed by atoms with E-state index in [-0.39, 0.29) is 23.6 Å². The molecule has 0 saturated heterocycles. The van der Waals surface area contributed by atoms with Crippen molar-refractivity contribution in [1.82, 2.24) is 20.1 Å². The van der Waals surface area contributed by atoms with E-state index in [2.05, 4.69) is 15.4 Å². The van der Waals surface area contributed by atoms with E-state index in [1.165, 1.54) is 0 Å². The molecule has 0 spiro atoms. The highest BCUT2D eigenvalue weighted by Crippen LogP contribution is 2.28. The average molecular weight is 376 g/mol. The number of hydrogen-bond donors (Lipinski definition) is 2. The molecule has 2 heterocycles. The normalized spacial score (nSPS) is 21.6. The number of carbonyl (C=O) groups is 1. The molecule has 0 radical (unpaired) electrons. The van der Waals surface area contributed by atoms with E-state index in [0.717, 1.165) is 67.1 Å². The van der Waals surface area contributed by atoms with Crippen molar-refractivity contribution < 1.29 is 4.79 Å². The number of H-pyrrole nitrogens is 1. The highest BCUT2D eigenvalue weighted by Gasteiger charge is 2.26. The van der Waals surface area contributed by atoms with Crippen molar-refractivity contribution >= 4 is 16.8 Å². The quantitative estimate of drug-likeness (QED) is 0.737. The van der Waals surface area contributed by atoms with Crippen LogP contribution in [0.3, 0.4) is 0 Å². The summed E-state index contributed by atoms with van der Waals surface area (Å²) in [4.78, 5) is 28.2. The highest BCUT2D eigenvalue weighted by atomic mass is 16.1. The maximum atomic E-state index is 12.6. The standard InChI is InChI=1S/C22H24N4O2/c27-21-13-15-2-1-3-19(15)25-26(21)18-8-6-17(7-9-18)24-22(28)16-5-4-14-10-11-23-20(14)12-16/h4-5,10-13,17-18,23H,1-3,6-9H2,(H,24,28). The zero-order valence-corrected chi connectivity index (χ0v) is 15.8. The Kier molecular flexibility index (Phi) is 4.26. The van der Waals surface area contributed by atoms with Crippen LogP contribution in [0.15, 0.2) is 41.3 Å². The number of benzene rings is 1. The fraction of sp³-hybridized carbons (Fsp3) is 0.409. The Labute approximate surface area is 163 Å². The van der Waals surface area contributed by atoms with Crippen LogP contribution in [0.1, 0.15) is 59.8 Å². The minimum absolute atomic E-state index is 0.0207. The second-order valence-corrected chi connectivity index (χ2v) is 8.01.